The summed E-state index contributed by atoms with van der Waals surface area (Å²) in [5, 5.41) is 14.0. The van der Waals surface area contributed by atoms with Crippen molar-refractivity contribution in [2.24, 2.45) is 5.16 Å². The summed E-state index contributed by atoms with van der Waals surface area (Å²) in [6, 6.07) is 6.72. The molecule has 0 aliphatic carbocycles. The van der Waals surface area contributed by atoms with Gasteiger partial charge in [0.25, 0.3) is 5.91 Å². The number of carbonyl (C=O) groups excluding carboxylic acids is 2. The molecule has 2 N–H and O–H groups in total. The van der Waals surface area contributed by atoms with E-state index in [0.29, 0.717) is 10.6 Å². The highest BCUT2D eigenvalue weighted by molar-refractivity contribution is 6.72. The maximum absolute atomic E-state index is 11.5. The fraction of sp³-hybridized carbons (Fsp3) is 0. The van der Waals surface area contributed by atoms with Crippen LogP contribution in [0.2, 0.25) is 5.02 Å². The van der Waals surface area contributed by atoms with Gasteiger partial charge in [-0.15, -0.1) is 0 Å². The van der Waals surface area contributed by atoms with Gasteiger partial charge < -0.3 is 10.5 Å². The molecule has 1 fully saturated rings. The first-order valence-corrected chi connectivity index (χ1v) is 5.05. The van der Waals surface area contributed by atoms with Gasteiger partial charge in [0.1, 0.15) is 0 Å². The zero-order valence-electron chi connectivity index (χ0n) is 8.48. The number of halogens is 1. The lowest BCUT2D eigenvalue weighted by atomic mass is 10.1. The third-order valence-electron chi connectivity index (χ3n) is 2.20. The molecule has 0 unspecified atom stereocenters. The van der Waals surface area contributed by atoms with Crippen molar-refractivity contribution >= 4 is 35.1 Å². The molecule has 2 rings (SSSR count). The number of benzene rings is 1. The number of carbonyl (C=O) groups is 2. The summed E-state index contributed by atoms with van der Waals surface area (Å²) in [6.07, 6.45) is 1.48. The summed E-state index contributed by atoms with van der Waals surface area (Å²) in [5.41, 5.74) is 0.271. The molecule has 1 amide bonds. The first-order valence-electron chi connectivity index (χ1n) is 4.67. The van der Waals surface area contributed by atoms with Crippen molar-refractivity contribution in [1.29, 1.82) is 0 Å². The van der Waals surface area contributed by atoms with Gasteiger partial charge in [-0.05, 0) is 23.8 Å². The van der Waals surface area contributed by atoms with Gasteiger partial charge in [-0.25, -0.2) is 0 Å². The van der Waals surface area contributed by atoms with E-state index in [-0.39, 0.29) is 5.70 Å². The summed E-state index contributed by atoms with van der Waals surface area (Å²) in [6.45, 7) is 0. The Morgan fingerprint density at radius 1 is 1.24 bits per heavy atom. The van der Waals surface area contributed by atoms with Crippen molar-refractivity contribution in [2.75, 3.05) is 0 Å². The predicted octanol–water partition coefficient (Wildman–Crippen LogP) is 1.21. The molecular formula is C11H7ClN2O3. The Morgan fingerprint density at radius 3 is 2.41 bits per heavy atom. The van der Waals surface area contributed by atoms with Crippen molar-refractivity contribution in [3.05, 3.63) is 40.5 Å². The second kappa shape index (κ2) is 4.39. The van der Waals surface area contributed by atoms with E-state index in [1.165, 1.54) is 6.08 Å². The van der Waals surface area contributed by atoms with E-state index in [9.17, 15) is 9.59 Å². The summed E-state index contributed by atoms with van der Waals surface area (Å²) < 4.78 is 0. The third kappa shape index (κ3) is 2.19. The molecule has 1 aromatic carbocycles. The van der Waals surface area contributed by atoms with E-state index < -0.39 is 17.4 Å². The molecule has 1 saturated heterocycles. The van der Waals surface area contributed by atoms with E-state index in [2.05, 4.69) is 10.5 Å². The van der Waals surface area contributed by atoms with Crippen LogP contribution in [0.25, 0.3) is 6.08 Å². The van der Waals surface area contributed by atoms with Crippen molar-refractivity contribution in [3.8, 4) is 0 Å². The van der Waals surface area contributed by atoms with Crippen molar-refractivity contribution in [3.63, 3.8) is 0 Å². The van der Waals surface area contributed by atoms with Crippen LogP contribution in [0.1, 0.15) is 5.56 Å². The van der Waals surface area contributed by atoms with Gasteiger partial charge in [0.2, 0.25) is 11.5 Å². The molecule has 1 aliphatic heterocycles. The number of hydrogen-bond donors (Lipinski definition) is 2. The maximum Gasteiger partial charge on any atom is 0.281 e. The minimum absolute atomic E-state index is 0.0742. The monoisotopic (exact) mass is 250 g/mol. The minimum atomic E-state index is -0.710. The Hall–Kier alpha value is -2.14. The van der Waals surface area contributed by atoms with Crippen LogP contribution in [-0.4, -0.2) is 22.6 Å². The fourth-order valence-electron chi connectivity index (χ4n) is 1.39. The van der Waals surface area contributed by atoms with Crippen molar-refractivity contribution < 1.29 is 14.8 Å². The Balaban J connectivity index is 2.33. The van der Waals surface area contributed by atoms with E-state index >= 15 is 0 Å². The van der Waals surface area contributed by atoms with E-state index in [1.807, 2.05) is 0 Å². The number of rotatable bonds is 1. The molecule has 0 spiro atoms. The number of hydrogen-bond acceptors (Lipinski definition) is 4. The summed E-state index contributed by atoms with van der Waals surface area (Å²) in [7, 11) is 0. The number of amides is 1. The standard InChI is InChI=1S/C11H7ClN2O3/c12-7-3-1-6(2-4-7)5-8-10(15)9(14-17)11(16)13-8/h1-5,17H,(H,13,16)/b8-5+,14-9-. The van der Waals surface area contributed by atoms with Gasteiger partial charge in [-0.3, -0.25) is 9.59 Å². The average molecular weight is 251 g/mol. The highest BCUT2D eigenvalue weighted by Gasteiger charge is 2.33. The quantitative estimate of drug-likeness (QED) is 0.447. The van der Waals surface area contributed by atoms with Crippen LogP contribution in [0, 0.1) is 0 Å². The predicted molar refractivity (Wildman–Crippen MR) is 61.8 cm³/mol. The molecule has 17 heavy (non-hydrogen) atoms. The van der Waals surface area contributed by atoms with Crippen LogP contribution in [0.15, 0.2) is 35.1 Å². The minimum Gasteiger partial charge on any atom is -0.410 e. The van der Waals surface area contributed by atoms with Crippen LogP contribution < -0.4 is 5.32 Å². The lowest BCUT2D eigenvalue weighted by molar-refractivity contribution is -0.113. The van der Waals surface area contributed by atoms with Gasteiger partial charge >= 0.3 is 0 Å². The van der Waals surface area contributed by atoms with E-state index in [1.54, 1.807) is 24.3 Å². The molecular weight excluding hydrogens is 244 g/mol. The summed E-state index contributed by atoms with van der Waals surface area (Å²) in [5.74, 6) is -1.34. The summed E-state index contributed by atoms with van der Waals surface area (Å²) >= 11 is 5.72. The van der Waals surface area contributed by atoms with Gasteiger partial charge in [0.05, 0.1) is 5.70 Å². The Kier molecular flexibility index (Phi) is 2.93. The molecule has 86 valence electrons. The molecule has 1 aromatic rings. The lowest BCUT2D eigenvalue weighted by Crippen LogP contribution is -2.19. The van der Waals surface area contributed by atoms with Crippen LogP contribution in [-0.2, 0) is 9.59 Å². The Bertz CT molecular complexity index is 546. The second-order valence-electron chi connectivity index (χ2n) is 3.34. The fourth-order valence-corrected chi connectivity index (χ4v) is 1.51. The molecule has 0 radical (unpaired) electrons. The molecule has 6 heteroatoms. The third-order valence-corrected chi connectivity index (χ3v) is 2.46. The molecule has 1 aliphatic rings. The molecule has 0 aromatic heterocycles. The smallest absolute Gasteiger partial charge is 0.281 e. The average Bonchev–Trinajstić information content (AvgIpc) is 2.57. The van der Waals surface area contributed by atoms with Gasteiger partial charge in [-0.2, -0.15) is 0 Å². The molecule has 1 heterocycles. The zero-order valence-corrected chi connectivity index (χ0v) is 9.23. The maximum atomic E-state index is 11.5. The number of allylic oxidation sites excluding steroid dienone is 1. The summed E-state index contributed by atoms with van der Waals surface area (Å²) in [4.78, 5) is 22.7. The molecule has 5 nitrogen and oxygen atoms in total. The van der Waals surface area contributed by atoms with Crippen LogP contribution in [0.4, 0.5) is 0 Å². The Labute approximate surface area is 101 Å². The van der Waals surface area contributed by atoms with Gasteiger partial charge in [0.15, 0.2) is 0 Å². The lowest BCUT2D eigenvalue weighted by Gasteiger charge is -1.96. The first-order chi connectivity index (χ1) is 8.11. The van der Waals surface area contributed by atoms with Crippen LogP contribution in [0.5, 0.6) is 0 Å². The van der Waals surface area contributed by atoms with Crippen LogP contribution >= 0.6 is 11.6 Å². The van der Waals surface area contributed by atoms with Gasteiger partial charge in [0, 0.05) is 5.02 Å². The van der Waals surface area contributed by atoms with Crippen LogP contribution in [0.3, 0.4) is 0 Å². The molecule has 0 atom stereocenters. The Morgan fingerprint density at radius 2 is 1.88 bits per heavy atom. The SMILES string of the molecule is O=C1N/C(=C/c2ccc(Cl)cc2)C(=O)/C1=N/O. The number of nitrogens with one attached hydrogen (secondary N) is 1. The van der Waals surface area contributed by atoms with Crippen molar-refractivity contribution in [2.45, 2.75) is 0 Å². The topological polar surface area (TPSA) is 78.8 Å². The second-order valence-corrected chi connectivity index (χ2v) is 3.78. The zero-order chi connectivity index (χ0) is 12.4. The number of nitrogens with zero attached hydrogens (tertiary/aromatic N) is 1. The van der Waals surface area contributed by atoms with Gasteiger partial charge in [-0.1, -0.05) is 28.9 Å². The highest BCUT2D eigenvalue weighted by Crippen LogP contribution is 2.14. The van der Waals surface area contributed by atoms with Crippen molar-refractivity contribution in [1.82, 2.24) is 5.32 Å². The highest BCUT2D eigenvalue weighted by atomic mass is 35.5. The number of ketones is 1. The number of Topliss-reactive ketones (excluding diaryl/α,β-unsaturated/α-hetero) is 1. The number of oxime groups is 1. The molecule has 0 saturated carbocycles. The first kappa shape index (κ1) is 11.3. The molecule has 0 bridgehead atoms. The van der Waals surface area contributed by atoms with E-state index in [0.717, 1.165) is 0 Å². The van der Waals surface area contributed by atoms with E-state index in [4.69, 9.17) is 16.8 Å². The largest absolute Gasteiger partial charge is 0.410 e. The normalized spacial score (nSPS) is 20.1.